The second-order valence-electron chi connectivity index (χ2n) is 7.06. The quantitative estimate of drug-likeness (QED) is 0.708. The molecule has 0 saturated carbocycles. The van der Waals surface area contributed by atoms with Crippen LogP contribution in [0.3, 0.4) is 0 Å². The number of fused-ring (bicyclic) bond motifs is 1. The molecule has 2 aromatic carbocycles. The van der Waals surface area contributed by atoms with Crippen LogP contribution in [0.4, 0.5) is 5.82 Å². The largest absolute Gasteiger partial charge is 0.497 e. The zero-order chi connectivity index (χ0) is 19.8. The summed E-state index contributed by atoms with van der Waals surface area (Å²) in [6.07, 6.45) is 0. The number of hydrogen-bond donors (Lipinski definition) is 1. The fourth-order valence-electron chi connectivity index (χ4n) is 3.66. The van der Waals surface area contributed by atoms with E-state index in [9.17, 15) is 4.79 Å². The van der Waals surface area contributed by atoms with Gasteiger partial charge in [0.05, 0.1) is 29.5 Å². The molecular weight excluding hydrogens is 370 g/mol. The van der Waals surface area contributed by atoms with E-state index < -0.39 is 0 Å². The van der Waals surface area contributed by atoms with Gasteiger partial charge >= 0.3 is 0 Å². The molecule has 1 aliphatic heterocycles. The van der Waals surface area contributed by atoms with Gasteiger partial charge < -0.3 is 10.1 Å². The number of aryl methyl sites for hydroxylation is 3. The van der Waals surface area contributed by atoms with Crippen LogP contribution in [0.1, 0.15) is 33.2 Å². The van der Waals surface area contributed by atoms with Crippen LogP contribution in [0.25, 0.3) is 5.69 Å². The molecule has 0 aliphatic carbocycles. The Balaban J connectivity index is 1.87. The van der Waals surface area contributed by atoms with Crippen LogP contribution in [0.5, 0.6) is 5.75 Å². The number of rotatable bonds is 3. The molecule has 4 rings (SSSR count). The molecule has 2 heterocycles. The van der Waals surface area contributed by atoms with Gasteiger partial charge in [-0.1, -0.05) is 23.8 Å². The lowest BCUT2D eigenvalue weighted by Crippen LogP contribution is -2.15. The summed E-state index contributed by atoms with van der Waals surface area (Å²) in [4.78, 5) is 12.5. The van der Waals surface area contributed by atoms with E-state index in [0.29, 0.717) is 5.75 Å². The smallest absolute Gasteiger partial charge is 0.235 e. The summed E-state index contributed by atoms with van der Waals surface area (Å²) in [5, 5.41) is 7.90. The third-order valence-electron chi connectivity index (χ3n) is 5.03. The minimum absolute atomic E-state index is 0.00632. The van der Waals surface area contributed by atoms with Crippen molar-refractivity contribution < 1.29 is 9.53 Å². The maximum absolute atomic E-state index is 12.5. The van der Waals surface area contributed by atoms with Gasteiger partial charge in [-0.2, -0.15) is 5.10 Å². The number of carbonyl (C=O) groups is 1. The van der Waals surface area contributed by atoms with E-state index in [2.05, 4.69) is 37.4 Å². The molecule has 28 heavy (non-hydrogen) atoms. The van der Waals surface area contributed by atoms with Crippen LogP contribution >= 0.6 is 11.8 Å². The van der Waals surface area contributed by atoms with Crippen molar-refractivity contribution in [3.63, 3.8) is 0 Å². The molecule has 0 unspecified atom stereocenters. The zero-order valence-electron chi connectivity index (χ0n) is 16.4. The Labute approximate surface area is 169 Å². The lowest BCUT2D eigenvalue weighted by molar-refractivity contribution is -0.113. The highest BCUT2D eigenvalue weighted by Crippen LogP contribution is 2.44. The first-order valence-corrected chi connectivity index (χ1v) is 10.3. The van der Waals surface area contributed by atoms with Crippen molar-refractivity contribution >= 4 is 23.5 Å². The molecule has 1 N–H and O–H groups in total. The van der Waals surface area contributed by atoms with Crippen LogP contribution in [-0.4, -0.2) is 28.6 Å². The number of amides is 1. The number of methoxy groups -OCH3 is 1. The van der Waals surface area contributed by atoms with Crippen molar-refractivity contribution in [2.45, 2.75) is 26.0 Å². The summed E-state index contributed by atoms with van der Waals surface area (Å²) >= 11 is 1.65. The SMILES string of the molecule is COc1ccc(-n2nc(C)c3c2NC(=O)CS[C@H]3c2ccc(C)cc2C)cc1. The van der Waals surface area contributed by atoms with Crippen molar-refractivity contribution in [3.05, 3.63) is 70.4 Å². The number of anilines is 1. The van der Waals surface area contributed by atoms with Crippen molar-refractivity contribution in [2.75, 3.05) is 18.2 Å². The second kappa shape index (κ2) is 7.36. The molecule has 0 fully saturated rings. The molecule has 1 atom stereocenters. The molecule has 6 heteroatoms. The minimum Gasteiger partial charge on any atom is -0.497 e. The lowest BCUT2D eigenvalue weighted by atomic mass is 9.98. The number of hydrogen-bond acceptors (Lipinski definition) is 4. The fourth-order valence-corrected chi connectivity index (χ4v) is 4.94. The van der Waals surface area contributed by atoms with Crippen molar-refractivity contribution in [1.82, 2.24) is 9.78 Å². The van der Waals surface area contributed by atoms with Crippen molar-refractivity contribution in [3.8, 4) is 11.4 Å². The highest BCUT2D eigenvalue weighted by atomic mass is 32.2. The number of aromatic nitrogens is 2. The highest BCUT2D eigenvalue weighted by molar-refractivity contribution is 8.00. The first-order valence-electron chi connectivity index (χ1n) is 9.20. The Morgan fingerprint density at radius 1 is 1.14 bits per heavy atom. The van der Waals surface area contributed by atoms with Gasteiger partial charge in [0.2, 0.25) is 5.91 Å². The third-order valence-corrected chi connectivity index (χ3v) is 6.28. The van der Waals surface area contributed by atoms with Crippen LogP contribution in [0.2, 0.25) is 0 Å². The third kappa shape index (κ3) is 3.29. The summed E-state index contributed by atoms with van der Waals surface area (Å²) in [6, 6.07) is 14.2. The van der Waals surface area contributed by atoms with E-state index in [4.69, 9.17) is 9.84 Å². The van der Waals surface area contributed by atoms with Gasteiger partial charge in [-0.05, 0) is 56.2 Å². The molecule has 0 radical (unpaired) electrons. The number of benzene rings is 2. The van der Waals surface area contributed by atoms with Crippen molar-refractivity contribution in [2.24, 2.45) is 0 Å². The summed E-state index contributed by atoms with van der Waals surface area (Å²) in [6.45, 7) is 6.24. The Kier molecular flexibility index (Phi) is 4.89. The predicted octanol–water partition coefficient (Wildman–Crippen LogP) is 4.58. The first kappa shape index (κ1) is 18.6. The van der Waals surface area contributed by atoms with E-state index >= 15 is 0 Å². The summed E-state index contributed by atoms with van der Waals surface area (Å²) < 4.78 is 7.08. The Bertz CT molecular complexity index is 1040. The Morgan fingerprint density at radius 3 is 2.57 bits per heavy atom. The number of thioether (sulfide) groups is 1. The minimum atomic E-state index is -0.00632. The summed E-state index contributed by atoms with van der Waals surface area (Å²) in [5.41, 5.74) is 6.57. The molecule has 0 saturated heterocycles. The predicted molar refractivity (Wildman–Crippen MR) is 114 cm³/mol. The molecule has 144 valence electrons. The number of ether oxygens (including phenoxy) is 1. The van der Waals surface area contributed by atoms with Gasteiger partial charge in [0.1, 0.15) is 11.6 Å². The van der Waals surface area contributed by atoms with Crippen LogP contribution in [0, 0.1) is 20.8 Å². The number of nitrogens with one attached hydrogen (secondary N) is 1. The van der Waals surface area contributed by atoms with Gasteiger partial charge in [-0.15, -0.1) is 11.8 Å². The van der Waals surface area contributed by atoms with Gasteiger partial charge in [-0.3, -0.25) is 4.79 Å². The van der Waals surface area contributed by atoms with Gasteiger partial charge in [0.25, 0.3) is 0 Å². The maximum Gasteiger partial charge on any atom is 0.235 e. The van der Waals surface area contributed by atoms with E-state index in [1.54, 1.807) is 18.9 Å². The highest BCUT2D eigenvalue weighted by Gasteiger charge is 2.31. The van der Waals surface area contributed by atoms with Crippen molar-refractivity contribution in [1.29, 1.82) is 0 Å². The zero-order valence-corrected chi connectivity index (χ0v) is 17.3. The average Bonchev–Trinajstić information content (AvgIpc) is 2.88. The number of carbonyl (C=O) groups excluding carboxylic acids is 1. The normalized spacial score (nSPS) is 16.3. The summed E-state index contributed by atoms with van der Waals surface area (Å²) in [5.74, 6) is 1.94. The van der Waals surface area contributed by atoms with E-state index in [1.165, 1.54) is 16.7 Å². The average molecular weight is 394 g/mol. The molecule has 1 aliphatic rings. The second-order valence-corrected chi connectivity index (χ2v) is 8.15. The molecule has 1 aromatic heterocycles. The Hall–Kier alpha value is -2.73. The topological polar surface area (TPSA) is 56.1 Å². The van der Waals surface area contributed by atoms with Gasteiger partial charge in [0, 0.05) is 5.56 Å². The summed E-state index contributed by atoms with van der Waals surface area (Å²) in [7, 11) is 1.64. The van der Waals surface area contributed by atoms with E-state index in [1.807, 2.05) is 35.9 Å². The van der Waals surface area contributed by atoms with Crippen LogP contribution in [-0.2, 0) is 4.79 Å². The van der Waals surface area contributed by atoms with Crippen LogP contribution in [0.15, 0.2) is 42.5 Å². The maximum atomic E-state index is 12.5. The monoisotopic (exact) mass is 393 g/mol. The number of nitrogens with zero attached hydrogens (tertiary/aromatic N) is 2. The van der Waals surface area contributed by atoms with Crippen LogP contribution < -0.4 is 10.1 Å². The molecule has 1 amide bonds. The Morgan fingerprint density at radius 2 is 1.89 bits per heavy atom. The molecular formula is C22H23N3O2S. The standard InChI is InChI=1S/C22H23N3O2S/c1-13-5-10-18(14(2)11-13)21-20-15(3)24-25(22(20)23-19(26)12-28-21)16-6-8-17(27-4)9-7-16/h5-11,21H,12H2,1-4H3,(H,23,26)/t21-/m0/s1. The van der Waals surface area contributed by atoms with E-state index in [-0.39, 0.29) is 11.2 Å². The van der Waals surface area contributed by atoms with Gasteiger partial charge in [0.15, 0.2) is 0 Å². The fraction of sp³-hybridized carbons (Fsp3) is 0.273. The molecule has 3 aromatic rings. The molecule has 5 nitrogen and oxygen atoms in total. The molecule has 0 spiro atoms. The lowest BCUT2D eigenvalue weighted by Gasteiger charge is -2.18. The van der Waals surface area contributed by atoms with E-state index in [0.717, 1.165) is 28.5 Å². The van der Waals surface area contributed by atoms with Gasteiger partial charge in [-0.25, -0.2) is 4.68 Å². The first-order chi connectivity index (χ1) is 13.5. The molecule has 0 bridgehead atoms.